The highest BCUT2D eigenvalue weighted by Crippen LogP contribution is 2.31. The van der Waals surface area contributed by atoms with Gasteiger partial charge in [-0.15, -0.1) is 0 Å². The first kappa shape index (κ1) is 19.0. The number of aryl methyl sites for hydroxylation is 1. The van der Waals surface area contributed by atoms with Crippen molar-refractivity contribution < 1.29 is 9.53 Å². The topological polar surface area (TPSA) is 55.6 Å². The summed E-state index contributed by atoms with van der Waals surface area (Å²) in [5.41, 5.74) is 4.07. The summed E-state index contributed by atoms with van der Waals surface area (Å²) in [6.07, 6.45) is 4.24. The molecule has 0 saturated heterocycles. The number of pyridine rings is 1. The number of rotatable bonds is 7. The second-order valence-electron chi connectivity index (χ2n) is 7.30. The molecule has 0 radical (unpaired) electrons. The Balaban J connectivity index is 2.00. The molecule has 2 heterocycles. The van der Waals surface area contributed by atoms with Gasteiger partial charge in [-0.1, -0.05) is 32.0 Å². The van der Waals surface area contributed by atoms with Crippen LogP contribution < -0.4 is 10.1 Å². The second-order valence-corrected chi connectivity index (χ2v) is 7.30. The second kappa shape index (κ2) is 8.25. The first-order chi connectivity index (χ1) is 13.0. The number of carbonyl (C=O) groups excluding carboxylic acids is 1. The quantitative estimate of drug-likeness (QED) is 0.690. The average Bonchev–Trinajstić information content (AvgIpc) is 3.09. The van der Waals surface area contributed by atoms with E-state index in [2.05, 4.69) is 28.5 Å². The standard InChI is InChI=1S/C22H27N3O2/c1-15(2)13-23-21(26)12-19(17-8-5-9-18(11-17)27-4)20-14-24-22-16(3)7-6-10-25(20)22/h5-11,14-15,19H,12-13H2,1-4H3,(H,23,26). The molecule has 1 unspecified atom stereocenters. The minimum Gasteiger partial charge on any atom is -0.497 e. The first-order valence-electron chi connectivity index (χ1n) is 9.32. The zero-order chi connectivity index (χ0) is 19.4. The van der Waals surface area contributed by atoms with Crippen LogP contribution in [-0.4, -0.2) is 28.9 Å². The smallest absolute Gasteiger partial charge is 0.221 e. The molecule has 1 atom stereocenters. The van der Waals surface area contributed by atoms with E-state index < -0.39 is 0 Å². The molecule has 0 bridgehead atoms. The van der Waals surface area contributed by atoms with Gasteiger partial charge < -0.3 is 14.5 Å². The van der Waals surface area contributed by atoms with Crippen LogP contribution >= 0.6 is 0 Å². The van der Waals surface area contributed by atoms with E-state index in [0.29, 0.717) is 18.9 Å². The molecule has 2 aromatic heterocycles. The van der Waals surface area contributed by atoms with E-state index >= 15 is 0 Å². The number of imidazole rings is 1. The van der Waals surface area contributed by atoms with Crippen LogP contribution in [0, 0.1) is 12.8 Å². The molecule has 1 N–H and O–H groups in total. The van der Waals surface area contributed by atoms with E-state index in [9.17, 15) is 4.79 Å². The van der Waals surface area contributed by atoms with Crippen LogP contribution in [0.1, 0.15) is 43.0 Å². The summed E-state index contributed by atoms with van der Waals surface area (Å²) in [7, 11) is 1.65. The van der Waals surface area contributed by atoms with Crippen molar-refractivity contribution >= 4 is 11.6 Å². The molecule has 142 valence electrons. The minimum absolute atomic E-state index is 0.0409. The van der Waals surface area contributed by atoms with E-state index in [0.717, 1.165) is 28.2 Å². The fraction of sp³-hybridized carbons (Fsp3) is 0.364. The van der Waals surface area contributed by atoms with Gasteiger partial charge in [0.2, 0.25) is 5.91 Å². The fourth-order valence-corrected chi connectivity index (χ4v) is 3.26. The lowest BCUT2D eigenvalue weighted by molar-refractivity contribution is -0.121. The Hall–Kier alpha value is -2.82. The van der Waals surface area contributed by atoms with Gasteiger partial charge in [0.05, 0.1) is 12.8 Å². The Morgan fingerprint density at radius 3 is 2.81 bits per heavy atom. The third kappa shape index (κ3) is 4.30. The Morgan fingerprint density at radius 1 is 1.26 bits per heavy atom. The Labute approximate surface area is 160 Å². The summed E-state index contributed by atoms with van der Waals surface area (Å²) in [5, 5.41) is 3.03. The number of hydrogen-bond donors (Lipinski definition) is 1. The molecule has 27 heavy (non-hydrogen) atoms. The molecule has 0 aliphatic carbocycles. The van der Waals surface area contributed by atoms with Crippen LogP contribution in [0.25, 0.3) is 5.65 Å². The minimum atomic E-state index is -0.107. The van der Waals surface area contributed by atoms with Crippen LogP contribution in [0.4, 0.5) is 0 Å². The zero-order valence-corrected chi connectivity index (χ0v) is 16.4. The van der Waals surface area contributed by atoms with Crippen molar-refractivity contribution in [1.82, 2.24) is 14.7 Å². The molecule has 1 amide bonds. The predicted octanol–water partition coefficient (Wildman–Crippen LogP) is 3.95. The van der Waals surface area contributed by atoms with E-state index in [1.54, 1.807) is 7.11 Å². The van der Waals surface area contributed by atoms with Crippen LogP contribution in [0.15, 0.2) is 48.8 Å². The molecule has 5 heteroatoms. The molecular weight excluding hydrogens is 338 g/mol. The number of benzene rings is 1. The highest BCUT2D eigenvalue weighted by atomic mass is 16.5. The van der Waals surface area contributed by atoms with Crippen molar-refractivity contribution in [2.24, 2.45) is 5.92 Å². The number of aromatic nitrogens is 2. The molecule has 5 nitrogen and oxygen atoms in total. The van der Waals surface area contributed by atoms with Crippen molar-refractivity contribution in [1.29, 1.82) is 0 Å². The maximum absolute atomic E-state index is 12.6. The molecule has 3 aromatic rings. The van der Waals surface area contributed by atoms with Gasteiger partial charge in [0.25, 0.3) is 0 Å². The van der Waals surface area contributed by atoms with Gasteiger partial charge in [0, 0.05) is 31.3 Å². The lowest BCUT2D eigenvalue weighted by atomic mass is 9.92. The summed E-state index contributed by atoms with van der Waals surface area (Å²) >= 11 is 0. The summed E-state index contributed by atoms with van der Waals surface area (Å²) < 4.78 is 7.47. The van der Waals surface area contributed by atoms with E-state index in [4.69, 9.17) is 4.74 Å². The van der Waals surface area contributed by atoms with E-state index in [1.807, 2.05) is 55.7 Å². The Kier molecular flexibility index (Phi) is 5.79. The van der Waals surface area contributed by atoms with Crippen molar-refractivity contribution in [3.63, 3.8) is 0 Å². The average molecular weight is 365 g/mol. The van der Waals surface area contributed by atoms with Gasteiger partial charge in [0.15, 0.2) is 0 Å². The predicted molar refractivity (Wildman–Crippen MR) is 107 cm³/mol. The zero-order valence-electron chi connectivity index (χ0n) is 16.4. The molecule has 0 fully saturated rings. The summed E-state index contributed by atoms with van der Waals surface area (Å²) in [6, 6.07) is 12.0. The lowest BCUT2D eigenvalue weighted by Crippen LogP contribution is -2.29. The van der Waals surface area contributed by atoms with Crippen molar-refractivity contribution in [2.75, 3.05) is 13.7 Å². The summed E-state index contributed by atoms with van der Waals surface area (Å²) in [4.78, 5) is 17.2. The Bertz CT molecular complexity index is 930. The van der Waals surface area contributed by atoms with Crippen LogP contribution in [-0.2, 0) is 4.79 Å². The number of hydrogen-bond acceptors (Lipinski definition) is 3. The van der Waals surface area contributed by atoms with Gasteiger partial charge in [0.1, 0.15) is 11.4 Å². The molecule has 0 aliphatic rings. The molecule has 0 spiro atoms. The molecule has 0 saturated carbocycles. The lowest BCUT2D eigenvalue weighted by Gasteiger charge is -2.18. The monoisotopic (exact) mass is 365 g/mol. The third-order valence-electron chi connectivity index (χ3n) is 4.71. The highest BCUT2D eigenvalue weighted by molar-refractivity contribution is 5.77. The van der Waals surface area contributed by atoms with Gasteiger partial charge in [-0.25, -0.2) is 4.98 Å². The molecular formula is C22H27N3O2. The molecule has 3 rings (SSSR count). The van der Waals surface area contributed by atoms with E-state index in [1.165, 1.54) is 0 Å². The van der Waals surface area contributed by atoms with Crippen LogP contribution in [0.5, 0.6) is 5.75 Å². The van der Waals surface area contributed by atoms with Crippen molar-refractivity contribution in [3.8, 4) is 5.75 Å². The number of nitrogens with zero attached hydrogens (tertiary/aromatic N) is 2. The highest BCUT2D eigenvalue weighted by Gasteiger charge is 2.22. The molecule has 0 aliphatic heterocycles. The van der Waals surface area contributed by atoms with Gasteiger partial charge >= 0.3 is 0 Å². The Morgan fingerprint density at radius 2 is 2.07 bits per heavy atom. The maximum Gasteiger partial charge on any atom is 0.221 e. The number of fused-ring (bicyclic) bond motifs is 1. The van der Waals surface area contributed by atoms with E-state index in [-0.39, 0.29) is 11.8 Å². The maximum atomic E-state index is 12.6. The van der Waals surface area contributed by atoms with Crippen molar-refractivity contribution in [2.45, 2.75) is 33.1 Å². The molecule has 1 aromatic carbocycles. The number of amides is 1. The first-order valence-corrected chi connectivity index (χ1v) is 9.32. The number of methoxy groups -OCH3 is 1. The number of carbonyl (C=O) groups is 1. The van der Waals surface area contributed by atoms with Gasteiger partial charge in [-0.2, -0.15) is 0 Å². The summed E-state index contributed by atoms with van der Waals surface area (Å²) in [6.45, 7) is 6.90. The largest absolute Gasteiger partial charge is 0.497 e. The summed E-state index contributed by atoms with van der Waals surface area (Å²) in [5.74, 6) is 1.14. The van der Waals surface area contributed by atoms with Crippen molar-refractivity contribution in [3.05, 3.63) is 65.6 Å². The van der Waals surface area contributed by atoms with Crippen LogP contribution in [0.2, 0.25) is 0 Å². The van der Waals surface area contributed by atoms with Crippen LogP contribution in [0.3, 0.4) is 0 Å². The number of ether oxygens (including phenoxy) is 1. The normalized spacial score (nSPS) is 12.3. The van der Waals surface area contributed by atoms with Gasteiger partial charge in [-0.3, -0.25) is 4.79 Å². The fourth-order valence-electron chi connectivity index (χ4n) is 3.26. The van der Waals surface area contributed by atoms with Gasteiger partial charge in [-0.05, 0) is 42.2 Å². The number of nitrogens with one attached hydrogen (secondary N) is 1. The third-order valence-corrected chi connectivity index (χ3v) is 4.71. The SMILES string of the molecule is COc1cccc(C(CC(=O)NCC(C)C)c2cnc3c(C)cccn23)c1.